The van der Waals surface area contributed by atoms with E-state index in [4.69, 9.17) is 14.2 Å². The van der Waals surface area contributed by atoms with Crippen molar-refractivity contribution in [3.63, 3.8) is 0 Å². The molecule has 0 N–H and O–H groups in total. The van der Waals surface area contributed by atoms with Crippen molar-refractivity contribution in [1.29, 1.82) is 0 Å². The number of methoxy groups -OCH3 is 3. The fraction of sp³-hybridized carbons (Fsp3) is 0.381. The summed E-state index contributed by atoms with van der Waals surface area (Å²) < 4.78 is 30.9. The molecule has 2 aromatic carbocycles. The second kappa shape index (κ2) is 8.39. The van der Waals surface area contributed by atoms with E-state index in [2.05, 4.69) is 0 Å². The van der Waals surface area contributed by atoms with Gasteiger partial charge in [0.1, 0.15) is 7.14 Å². The van der Waals surface area contributed by atoms with Crippen molar-refractivity contribution >= 4 is 23.7 Å². The molecular weight excluding hydrogens is 363 g/mol. The molecule has 1 saturated carbocycles. The predicted molar refractivity (Wildman–Crippen MR) is 105 cm³/mol. The fourth-order valence-electron chi connectivity index (χ4n) is 4.13. The molecule has 0 spiro atoms. The molecule has 0 saturated heterocycles. The van der Waals surface area contributed by atoms with Crippen LogP contribution in [0.25, 0.3) is 0 Å². The van der Waals surface area contributed by atoms with Crippen LogP contribution in [-0.2, 0) is 23.6 Å². The van der Waals surface area contributed by atoms with E-state index in [-0.39, 0.29) is 6.10 Å². The Balaban J connectivity index is 2.19. The van der Waals surface area contributed by atoms with Gasteiger partial charge in [0.05, 0.1) is 25.2 Å². The normalized spacial score (nSPS) is 25.3. The highest BCUT2D eigenvalue weighted by Crippen LogP contribution is 2.57. The van der Waals surface area contributed by atoms with E-state index in [1.807, 2.05) is 60.7 Å². The molecular formula is C21H25O5P. The molecule has 6 heteroatoms. The molecule has 0 bridgehead atoms. The summed E-state index contributed by atoms with van der Waals surface area (Å²) >= 11 is 0. The summed E-state index contributed by atoms with van der Waals surface area (Å²) in [5.74, 6) is -1.09. The highest BCUT2D eigenvalue weighted by atomic mass is 31.2. The van der Waals surface area contributed by atoms with Crippen LogP contribution in [0.3, 0.4) is 0 Å². The summed E-state index contributed by atoms with van der Waals surface area (Å²) in [5.41, 5.74) is -0.468. The van der Waals surface area contributed by atoms with Gasteiger partial charge >= 0.3 is 5.97 Å². The lowest BCUT2D eigenvalue weighted by Crippen LogP contribution is -2.39. The number of benzene rings is 2. The van der Waals surface area contributed by atoms with E-state index >= 15 is 0 Å². The maximum atomic E-state index is 14.7. The van der Waals surface area contributed by atoms with Crippen molar-refractivity contribution in [2.75, 3.05) is 21.3 Å². The average Bonchev–Trinajstić information content (AvgIpc) is 3.13. The zero-order chi connectivity index (χ0) is 19.4. The smallest absolute Gasteiger partial charge is 0.312 e. The maximum Gasteiger partial charge on any atom is 0.312 e. The first kappa shape index (κ1) is 19.8. The minimum atomic E-state index is -3.16. The first-order valence-electron chi connectivity index (χ1n) is 8.92. The quantitative estimate of drug-likeness (QED) is 0.562. The predicted octanol–water partition coefficient (Wildman–Crippen LogP) is 2.59. The largest absolute Gasteiger partial charge is 0.469 e. The third-order valence-electron chi connectivity index (χ3n) is 5.40. The van der Waals surface area contributed by atoms with Crippen molar-refractivity contribution < 1.29 is 23.6 Å². The van der Waals surface area contributed by atoms with Gasteiger partial charge in [-0.25, -0.2) is 0 Å². The van der Waals surface area contributed by atoms with Crippen LogP contribution in [-0.4, -0.2) is 45.2 Å². The van der Waals surface area contributed by atoms with Crippen LogP contribution >= 0.6 is 7.14 Å². The molecule has 0 radical (unpaired) electrons. The van der Waals surface area contributed by atoms with Gasteiger partial charge in [0.2, 0.25) is 0 Å². The molecule has 5 nitrogen and oxygen atoms in total. The van der Waals surface area contributed by atoms with E-state index in [1.54, 1.807) is 14.2 Å². The minimum absolute atomic E-state index is 0.329. The summed E-state index contributed by atoms with van der Waals surface area (Å²) in [6, 6.07) is 18.7. The number of hydrogen-bond acceptors (Lipinski definition) is 5. The number of carbonyl (C=O) groups is 1. The van der Waals surface area contributed by atoms with E-state index in [0.29, 0.717) is 6.42 Å². The Morgan fingerprint density at radius 3 is 1.81 bits per heavy atom. The molecule has 0 heterocycles. The number of esters is 1. The Morgan fingerprint density at radius 2 is 1.41 bits per heavy atom. The van der Waals surface area contributed by atoms with Gasteiger partial charge in [-0.05, 0) is 6.42 Å². The van der Waals surface area contributed by atoms with Crippen LogP contribution in [0.4, 0.5) is 0 Å². The summed E-state index contributed by atoms with van der Waals surface area (Å²) in [7, 11) is 1.33. The van der Waals surface area contributed by atoms with Gasteiger partial charge in [0.15, 0.2) is 0 Å². The molecule has 2 aromatic rings. The van der Waals surface area contributed by atoms with E-state index < -0.39 is 30.8 Å². The topological polar surface area (TPSA) is 61.8 Å². The molecule has 1 aliphatic rings. The first-order valence-corrected chi connectivity index (χ1v) is 10.7. The molecule has 0 aliphatic heterocycles. The average molecular weight is 388 g/mol. The van der Waals surface area contributed by atoms with Gasteiger partial charge in [0, 0.05) is 30.5 Å². The highest BCUT2D eigenvalue weighted by Gasteiger charge is 2.56. The lowest BCUT2D eigenvalue weighted by molar-refractivity contribution is -0.151. The molecule has 0 unspecified atom stereocenters. The summed E-state index contributed by atoms with van der Waals surface area (Å²) in [6.45, 7) is 0. The van der Waals surface area contributed by atoms with Gasteiger partial charge in [-0.2, -0.15) is 0 Å². The van der Waals surface area contributed by atoms with Gasteiger partial charge in [-0.1, -0.05) is 60.7 Å². The van der Waals surface area contributed by atoms with Crippen molar-refractivity contribution in [1.82, 2.24) is 0 Å². The van der Waals surface area contributed by atoms with Crippen LogP contribution in [0.1, 0.15) is 6.42 Å². The van der Waals surface area contributed by atoms with Crippen molar-refractivity contribution in [3.05, 3.63) is 60.7 Å². The standard InChI is InChI=1S/C21H25O5P/c1-24-17-14-18(19(20(17)25-2)21(22)26-3)27(23,15-10-6-4-7-11-15)16-12-8-5-9-13-16/h4-13,17-20H,14H2,1-3H3/t17-,18-,19+,20+/m0/s1. The maximum absolute atomic E-state index is 14.7. The molecule has 144 valence electrons. The van der Waals surface area contributed by atoms with Crippen molar-refractivity contribution in [2.24, 2.45) is 5.92 Å². The van der Waals surface area contributed by atoms with Crippen LogP contribution in [0.5, 0.6) is 0 Å². The second-order valence-electron chi connectivity index (χ2n) is 6.66. The molecule has 3 rings (SSSR count). The van der Waals surface area contributed by atoms with E-state index in [0.717, 1.165) is 10.6 Å². The summed E-state index contributed by atoms with van der Waals surface area (Å²) in [4.78, 5) is 12.7. The Bertz CT molecular complexity index is 764. The van der Waals surface area contributed by atoms with E-state index in [1.165, 1.54) is 7.11 Å². The van der Waals surface area contributed by atoms with Gasteiger partial charge in [-0.15, -0.1) is 0 Å². The van der Waals surface area contributed by atoms with Gasteiger partial charge < -0.3 is 18.8 Å². The first-order chi connectivity index (χ1) is 13.1. The monoisotopic (exact) mass is 388 g/mol. The highest BCUT2D eigenvalue weighted by molar-refractivity contribution is 7.79. The van der Waals surface area contributed by atoms with Crippen LogP contribution in [0, 0.1) is 5.92 Å². The van der Waals surface area contributed by atoms with Crippen LogP contribution < -0.4 is 10.6 Å². The fourth-order valence-corrected chi connectivity index (χ4v) is 7.67. The van der Waals surface area contributed by atoms with Crippen molar-refractivity contribution in [3.8, 4) is 0 Å². The van der Waals surface area contributed by atoms with Crippen molar-refractivity contribution in [2.45, 2.75) is 24.3 Å². The second-order valence-corrected chi connectivity index (χ2v) is 9.67. The molecule has 1 aliphatic carbocycles. The van der Waals surface area contributed by atoms with Crippen LogP contribution in [0.15, 0.2) is 60.7 Å². The SMILES string of the molecule is COC(=O)[C@H]1[C@H](OC)[C@@H](OC)C[C@@H]1P(=O)(c1ccccc1)c1ccccc1. The molecule has 1 fully saturated rings. The lowest BCUT2D eigenvalue weighted by Gasteiger charge is -2.30. The van der Waals surface area contributed by atoms with Crippen LogP contribution in [0.2, 0.25) is 0 Å². The Labute approximate surface area is 160 Å². The Hall–Kier alpha value is -1.94. The third kappa shape index (κ3) is 3.47. The Kier molecular flexibility index (Phi) is 6.15. The number of rotatable bonds is 6. The number of ether oxygens (including phenoxy) is 3. The van der Waals surface area contributed by atoms with Gasteiger partial charge in [0.25, 0.3) is 0 Å². The zero-order valence-electron chi connectivity index (χ0n) is 15.8. The van der Waals surface area contributed by atoms with Gasteiger partial charge in [-0.3, -0.25) is 4.79 Å². The Morgan fingerprint density at radius 1 is 0.889 bits per heavy atom. The summed E-state index contributed by atoms with van der Waals surface area (Å²) in [5, 5.41) is 1.45. The number of carbonyl (C=O) groups excluding carboxylic acids is 1. The third-order valence-corrected chi connectivity index (χ3v) is 9.00. The molecule has 0 aromatic heterocycles. The minimum Gasteiger partial charge on any atom is -0.469 e. The molecule has 4 atom stereocenters. The zero-order valence-corrected chi connectivity index (χ0v) is 16.7. The molecule has 27 heavy (non-hydrogen) atoms. The molecule has 0 amide bonds. The van der Waals surface area contributed by atoms with E-state index in [9.17, 15) is 9.36 Å². The summed E-state index contributed by atoms with van der Waals surface area (Å²) in [6.07, 6.45) is -0.381. The lowest BCUT2D eigenvalue weighted by atomic mass is 10.1. The number of hydrogen-bond donors (Lipinski definition) is 0.